The lowest BCUT2D eigenvalue weighted by molar-refractivity contribution is 0.0953. The maximum atomic E-state index is 11.8. The van der Waals surface area contributed by atoms with Crippen molar-refractivity contribution in [3.05, 3.63) is 33.8 Å². The summed E-state index contributed by atoms with van der Waals surface area (Å²) in [5, 5.41) is 3.73. The lowest BCUT2D eigenvalue weighted by atomic mass is 10.2. The Morgan fingerprint density at radius 1 is 1.47 bits per heavy atom. The first-order valence-electron chi connectivity index (χ1n) is 5.38. The van der Waals surface area contributed by atoms with E-state index in [9.17, 15) is 4.79 Å². The summed E-state index contributed by atoms with van der Waals surface area (Å²) in [5.41, 5.74) is 0.461. The number of carbonyl (C=O) groups is 1. The van der Waals surface area contributed by atoms with Gasteiger partial charge in [-0.15, -0.1) is 0 Å². The number of hydrogen-bond acceptors (Lipinski definition) is 1. The minimum atomic E-state index is -0.158. The molecule has 2 nitrogen and oxygen atoms in total. The van der Waals surface area contributed by atoms with E-state index in [-0.39, 0.29) is 5.91 Å². The van der Waals surface area contributed by atoms with Gasteiger partial charge in [-0.3, -0.25) is 4.79 Å². The molecular weight excluding hydrogens is 325 g/mol. The van der Waals surface area contributed by atoms with E-state index in [0.717, 1.165) is 12.8 Å². The van der Waals surface area contributed by atoms with Crippen LogP contribution in [0, 0.1) is 0 Å². The van der Waals surface area contributed by atoms with Gasteiger partial charge in [0.25, 0.3) is 5.91 Å². The molecule has 1 atom stereocenters. The molecule has 0 fully saturated rings. The van der Waals surface area contributed by atoms with Crippen LogP contribution in [0.3, 0.4) is 0 Å². The largest absolute Gasteiger partial charge is 0.352 e. The van der Waals surface area contributed by atoms with Crippen molar-refractivity contribution in [3.8, 4) is 0 Å². The Bertz CT molecular complexity index is 396. The molecule has 0 aliphatic heterocycles. The number of amides is 1. The van der Waals surface area contributed by atoms with Crippen LogP contribution in [-0.4, -0.2) is 17.3 Å². The Kier molecular flexibility index (Phi) is 6.31. The fourth-order valence-electron chi connectivity index (χ4n) is 1.35. The Morgan fingerprint density at radius 3 is 2.76 bits per heavy atom. The Morgan fingerprint density at radius 2 is 2.18 bits per heavy atom. The summed E-state index contributed by atoms with van der Waals surface area (Å²) in [7, 11) is 0. The van der Waals surface area contributed by atoms with Crippen molar-refractivity contribution in [3.63, 3.8) is 0 Å². The zero-order chi connectivity index (χ0) is 12.8. The van der Waals surface area contributed by atoms with Gasteiger partial charge in [-0.05, 0) is 31.0 Å². The van der Waals surface area contributed by atoms with E-state index in [0.29, 0.717) is 27.0 Å². The van der Waals surface area contributed by atoms with Gasteiger partial charge in [0.1, 0.15) is 0 Å². The number of benzene rings is 1. The second-order valence-electron chi connectivity index (χ2n) is 3.80. The van der Waals surface area contributed by atoms with Crippen LogP contribution in [0.5, 0.6) is 0 Å². The van der Waals surface area contributed by atoms with E-state index in [4.69, 9.17) is 23.2 Å². The molecule has 0 aromatic heterocycles. The molecule has 5 heteroatoms. The third-order valence-electron chi connectivity index (χ3n) is 2.24. The number of alkyl halides is 1. The highest BCUT2D eigenvalue weighted by Crippen LogP contribution is 2.20. The SMILES string of the molecule is CC(Br)CCCNC(=O)c1ccc(Cl)cc1Cl. The first-order valence-corrected chi connectivity index (χ1v) is 7.05. The number of nitrogens with one attached hydrogen (secondary N) is 1. The fraction of sp³-hybridized carbons (Fsp3) is 0.417. The van der Waals surface area contributed by atoms with Crippen molar-refractivity contribution in [2.75, 3.05) is 6.54 Å². The fourth-order valence-corrected chi connectivity index (χ4v) is 2.17. The molecule has 0 heterocycles. The van der Waals surface area contributed by atoms with Crippen molar-refractivity contribution < 1.29 is 4.79 Å². The van der Waals surface area contributed by atoms with Crippen molar-refractivity contribution in [2.24, 2.45) is 0 Å². The van der Waals surface area contributed by atoms with Gasteiger partial charge in [0.05, 0.1) is 10.6 Å². The lowest BCUT2D eigenvalue weighted by Gasteiger charge is -2.07. The summed E-state index contributed by atoms with van der Waals surface area (Å²) in [6.07, 6.45) is 1.96. The highest BCUT2D eigenvalue weighted by molar-refractivity contribution is 9.09. The number of carbonyl (C=O) groups excluding carboxylic acids is 1. The minimum absolute atomic E-state index is 0.158. The molecule has 0 aliphatic rings. The predicted octanol–water partition coefficient (Wildman–Crippen LogP) is 4.29. The van der Waals surface area contributed by atoms with Crippen LogP contribution in [0.1, 0.15) is 30.1 Å². The van der Waals surface area contributed by atoms with Gasteiger partial charge in [-0.2, -0.15) is 0 Å². The maximum absolute atomic E-state index is 11.8. The molecule has 94 valence electrons. The van der Waals surface area contributed by atoms with Crippen LogP contribution < -0.4 is 5.32 Å². The molecule has 1 N–H and O–H groups in total. The van der Waals surface area contributed by atoms with Crippen LogP contribution in [-0.2, 0) is 0 Å². The minimum Gasteiger partial charge on any atom is -0.352 e. The summed E-state index contributed by atoms with van der Waals surface area (Å²) < 4.78 is 0. The summed E-state index contributed by atoms with van der Waals surface area (Å²) in [6.45, 7) is 2.73. The molecule has 1 aromatic rings. The number of rotatable bonds is 5. The van der Waals surface area contributed by atoms with E-state index >= 15 is 0 Å². The second-order valence-corrected chi connectivity index (χ2v) is 6.21. The van der Waals surface area contributed by atoms with Gasteiger partial charge in [0, 0.05) is 16.4 Å². The average molecular weight is 339 g/mol. The van der Waals surface area contributed by atoms with Gasteiger partial charge >= 0.3 is 0 Å². The molecule has 0 bridgehead atoms. The van der Waals surface area contributed by atoms with Gasteiger partial charge in [-0.25, -0.2) is 0 Å². The molecule has 0 saturated heterocycles. The standard InChI is InChI=1S/C12H14BrCl2NO/c1-8(13)3-2-6-16-12(17)10-5-4-9(14)7-11(10)15/h4-5,7-8H,2-3,6H2,1H3,(H,16,17). The topological polar surface area (TPSA) is 29.1 Å². The molecule has 0 saturated carbocycles. The summed E-state index contributed by atoms with van der Waals surface area (Å²) >= 11 is 15.2. The first kappa shape index (κ1) is 14.8. The highest BCUT2D eigenvalue weighted by Gasteiger charge is 2.09. The van der Waals surface area contributed by atoms with E-state index in [2.05, 4.69) is 28.2 Å². The molecule has 17 heavy (non-hydrogen) atoms. The van der Waals surface area contributed by atoms with Crippen LogP contribution in [0.4, 0.5) is 0 Å². The molecule has 1 aromatic carbocycles. The van der Waals surface area contributed by atoms with E-state index in [1.165, 1.54) is 0 Å². The molecular formula is C12H14BrCl2NO. The van der Waals surface area contributed by atoms with Crippen molar-refractivity contribution in [1.82, 2.24) is 5.32 Å². The Balaban J connectivity index is 2.47. The van der Waals surface area contributed by atoms with Gasteiger partial charge in [0.15, 0.2) is 0 Å². The van der Waals surface area contributed by atoms with Gasteiger partial charge in [0.2, 0.25) is 0 Å². The molecule has 1 amide bonds. The number of hydrogen-bond donors (Lipinski definition) is 1. The summed E-state index contributed by atoms with van der Waals surface area (Å²) in [6, 6.07) is 4.86. The third kappa shape index (κ3) is 5.28. The highest BCUT2D eigenvalue weighted by atomic mass is 79.9. The molecule has 0 radical (unpaired) electrons. The lowest BCUT2D eigenvalue weighted by Crippen LogP contribution is -2.25. The van der Waals surface area contributed by atoms with E-state index in [1.807, 2.05) is 0 Å². The van der Waals surface area contributed by atoms with Crippen LogP contribution in [0.2, 0.25) is 10.0 Å². The van der Waals surface area contributed by atoms with Gasteiger partial charge < -0.3 is 5.32 Å². The van der Waals surface area contributed by atoms with E-state index < -0.39 is 0 Å². The smallest absolute Gasteiger partial charge is 0.252 e. The van der Waals surface area contributed by atoms with Crippen LogP contribution >= 0.6 is 39.1 Å². The predicted molar refractivity (Wildman–Crippen MR) is 76.4 cm³/mol. The van der Waals surface area contributed by atoms with Crippen LogP contribution in [0.25, 0.3) is 0 Å². The summed E-state index contributed by atoms with van der Waals surface area (Å²) in [4.78, 5) is 12.2. The first-order chi connectivity index (χ1) is 8.00. The zero-order valence-corrected chi connectivity index (χ0v) is 12.6. The number of halogens is 3. The monoisotopic (exact) mass is 337 g/mol. The normalized spacial score (nSPS) is 12.2. The molecule has 0 spiro atoms. The quantitative estimate of drug-likeness (QED) is 0.629. The molecule has 1 unspecified atom stereocenters. The Hall–Kier alpha value is -0.250. The van der Waals surface area contributed by atoms with Crippen molar-refractivity contribution in [2.45, 2.75) is 24.6 Å². The second kappa shape index (κ2) is 7.24. The summed E-state index contributed by atoms with van der Waals surface area (Å²) in [5.74, 6) is -0.158. The van der Waals surface area contributed by atoms with E-state index in [1.54, 1.807) is 18.2 Å². The van der Waals surface area contributed by atoms with Crippen molar-refractivity contribution in [1.29, 1.82) is 0 Å². The maximum Gasteiger partial charge on any atom is 0.252 e. The zero-order valence-electron chi connectivity index (χ0n) is 9.47. The third-order valence-corrected chi connectivity index (χ3v) is 3.25. The molecule has 1 rings (SSSR count). The Labute approximate surface area is 120 Å². The van der Waals surface area contributed by atoms with Crippen molar-refractivity contribution >= 4 is 45.0 Å². The van der Waals surface area contributed by atoms with Crippen LogP contribution in [0.15, 0.2) is 18.2 Å². The average Bonchev–Trinajstić information content (AvgIpc) is 2.23. The molecule has 0 aliphatic carbocycles. The van der Waals surface area contributed by atoms with Gasteiger partial charge in [-0.1, -0.05) is 46.1 Å².